The van der Waals surface area contributed by atoms with Gasteiger partial charge in [-0.3, -0.25) is 9.79 Å². The number of rotatable bonds is 7. The molecule has 38 heavy (non-hydrogen) atoms. The maximum Gasteiger partial charge on any atom is 0.286 e. The van der Waals surface area contributed by atoms with Crippen LogP contribution in [0.2, 0.25) is 0 Å². The molecule has 0 aliphatic carbocycles. The van der Waals surface area contributed by atoms with Crippen LogP contribution in [0, 0.1) is 17.5 Å². The minimum Gasteiger partial charge on any atom is -0.506 e. The number of nitrogens with two attached hydrogens (primary N) is 1. The van der Waals surface area contributed by atoms with Crippen molar-refractivity contribution in [2.45, 2.75) is 24.3 Å². The van der Waals surface area contributed by atoms with Gasteiger partial charge in [-0.2, -0.15) is 8.42 Å². The molecule has 0 spiro atoms. The lowest BCUT2D eigenvalue weighted by atomic mass is 9.93. The van der Waals surface area contributed by atoms with Crippen LogP contribution in [0.4, 0.5) is 18.9 Å². The monoisotopic (exact) mass is 543 g/mol. The molecule has 1 aliphatic rings. The SMILES string of the molecule is C[C@@H](O)C(N)=NS(=O)(=O)c1cc(C(O)=C(C(=O)c2cc(F)ccc2F)C2=Nc3ccccc3C2)ccc1F. The smallest absolute Gasteiger partial charge is 0.286 e. The van der Waals surface area contributed by atoms with Crippen molar-refractivity contribution in [1.82, 2.24) is 0 Å². The summed E-state index contributed by atoms with van der Waals surface area (Å²) in [7, 11) is -4.79. The van der Waals surface area contributed by atoms with Gasteiger partial charge in [0.25, 0.3) is 10.0 Å². The zero-order chi connectivity index (χ0) is 27.8. The molecule has 3 aromatic carbocycles. The Hall–Kier alpha value is -4.29. The number of hydrogen-bond acceptors (Lipinski definition) is 6. The third-order valence-corrected chi connectivity index (χ3v) is 6.99. The largest absolute Gasteiger partial charge is 0.506 e. The van der Waals surface area contributed by atoms with Crippen molar-refractivity contribution in [2.75, 3.05) is 0 Å². The molecule has 0 radical (unpaired) electrons. The molecule has 0 bridgehead atoms. The van der Waals surface area contributed by atoms with Crippen molar-refractivity contribution in [2.24, 2.45) is 15.1 Å². The van der Waals surface area contributed by atoms with E-state index in [1.807, 2.05) is 0 Å². The molecule has 1 aliphatic heterocycles. The summed E-state index contributed by atoms with van der Waals surface area (Å²) < 4.78 is 71.5. The number of aliphatic hydroxyl groups excluding tert-OH is 2. The summed E-state index contributed by atoms with van der Waals surface area (Å²) in [6, 6.07) is 11.4. The zero-order valence-electron chi connectivity index (χ0n) is 19.7. The molecule has 0 aromatic heterocycles. The fourth-order valence-electron chi connectivity index (χ4n) is 3.72. The first-order chi connectivity index (χ1) is 17.9. The van der Waals surface area contributed by atoms with Crippen molar-refractivity contribution in [3.8, 4) is 0 Å². The number of benzene rings is 3. The quantitative estimate of drug-likeness (QED) is 0.135. The second kappa shape index (κ2) is 10.2. The van der Waals surface area contributed by atoms with Gasteiger partial charge in [0.05, 0.1) is 22.5 Å². The van der Waals surface area contributed by atoms with Gasteiger partial charge in [0.1, 0.15) is 40.0 Å². The van der Waals surface area contributed by atoms with Gasteiger partial charge in [-0.1, -0.05) is 18.2 Å². The van der Waals surface area contributed by atoms with Gasteiger partial charge in [-0.15, -0.1) is 4.40 Å². The van der Waals surface area contributed by atoms with Gasteiger partial charge in [-0.25, -0.2) is 13.2 Å². The van der Waals surface area contributed by atoms with E-state index in [9.17, 15) is 36.6 Å². The molecule has 4 rings (SSSR count). The average Bonchev–Trinajstić information content (AvgIpc) is 3.28. The molecule has 4 N–H and O–H groups in total. The van der Waals surface area contributed by atoms with Gasteiger partial charge >= 0.3 is 0 Å². The van der Waals surface area contributed by atoms with Crippen LogP contribution in [0.15, 0.2) is 80.5 Å². The maximum absolute atomic E-state index is 14.6. The van der Waals surface area contributed by atoms with Crippen LogP contribution in [-0.4, -0.2) is 42.1 Å². The number of hydrogen-bond donors (Lipinski definition) is 3. The molecular weight excluding hydrogens is 523 g/mol. The third-order valence-electron chi connectivity index (χ3n) is 5.67. The van der Waals surface area contributed by atoms with Gasteiger partial charge in [0, 0.05) is 12.0 Å². The Bertz CT molecular complexity index is 1660. The standard InChI is InChI=1S/C26H20F3N3O5S/c1-13(33)26(30)32-38(36,37)22-11-15(6-8-19(22)29)24(34)23(21-10-14-4-2-3-5-20(14)31-21)25(35)17-12-16(27)7-9-18(17)28/h2-9,11-13,33-34H,10H2,1H3,(H2,30,32)/t13-/m1/s1. The van der Waals surface area contributed by atoms with Crippen LogP contribution in [0.1, 0.15) is 28.4 Å². The van der Waals surface area contributed by atoms with Crippen molar-refractivity contribution < 1.29 is 36.6 Å². The zero-order valence-corrected chi connectivity index (χ0v) is 20.5. The van der Waals surface area contributed by atoms with Crippen LogP contribution in [0.5, 0.6) is 0 Å². The molecule has 12 heteroatoms. The number of para-hydroxylation sites is 1. The van der Waals surface area contributed by atoms with Crippen molar-refractivity contribution in [1.29, 1.82) is 0 Å². The Balaban J connectivity index is 1.92. The highest BCUT2D eigenvalue weighted by Crippen LogP contribution is 2.33. The third kappa shape index (κ3) is 5.22. The number of ketones is 1. The number of allylic oxidation sites excluding steroid dienone is 1. The van der Waals surface area contributed by atoms with E-state index < -0.39 is 67.0 Å². The second-order valence-electron chi connectivity index (χ2n) is 8.35. The molecular formula is C26H20F3N3O5S. The van der Waals surface area contributed by atoms with E-state index in [0.717, 1.165) is 25.1 Å². The Morgan fingerprint density at radius 1 is 1.05 bits per heavy atom. The minimum absolute atomic E-state index is 0.00228. The topological polar surface area (TPSA) is 142 Å². The predicted molar refractivity (Wildman–Crippen MR) is 134 cm³/mol. The van der Waals surface area contributed by atoms with Gasteiger partial charge < -0.3 is 15.9 Å². The lowest BCUT2D eigenvalue weighted by Gasteiger charge is -2.13. The molecule has 8 nitrogen and oxygen atoms in total. The number of carbonyl (C=O) groups is 1. The summed E-state index contributed by atoms with van der Waals surface area (Å²) in [6.07, 6.45) is -1.41. The Morgan fingerprint density at radius 2 is 1.74 bits per heavy atom. The van der Waals surface area contributed by atoms with E-state index in [4.69, 9.17) is 5.73 Å². The Kier molecular flexibility index (Phi) is 7.20. The number of sulfonamides is 1. The van der Waals surface area contributed by atoms with Crippen LogP contribution in [0.25, 0.3) is 5.76 Å². The van der Waals surface area contributed by atoms with Gasteiger partial charge in [0.2, 0.25) is 5.78 Å². The Morgan fingerprint density at radius 3 is 2.42 bits per heavy atom. The summed E-state index contributed by atoms with van der Waals surface area (Å²) in [5, 5.41) is 20.7. The number of nitrogens with zero attached hydrogens (tertiary/aromatic N) is 2. The maximum atomic E-state index is 14.6. The highest BCUT2D eigenvalue weighted by atomic mass is 32.2. The average molecular weight is 544 g/mol. The number of halogens is 3. The van der Waals surface area contributed by atoms with E-state index in [1.165, 1.54) is 0 Å². The molecule has 0 fully saturated rings. The predicted octanol–water partition coefficient (Wildman–Crippen LogP) is 4.01. The molecule has 196 valence electrons. The number of aliphatic imine (C=N–C) groups is 1. The van der Waals surface area contributed by atoms with Crippen molar-refractivity contribution in [3.63, 3.8) is 0 Å². The number of amidine groups is 1. The number of Topliss-reactive ketones (excluding diaryl/α,β-unsaturated/α-hetero) is 1. The van der Waals surface area contributed by atoms with Crippen LogP contribution in [0.3, 0.4) is 0 Å². The molecule has 1 heterocycles. The van der Waals surface area contributed by atoms with Crippen molar-refractivity contribution >= 4 is 38.8 Å². The van der Waals surface area contributed by atoms with Crippen LogP contribution in [-0.2, 0) is 16.4 Å². The molecule has 0 amide bonds. The number of fused-ring (bicyclic) bond motifs is 1. The number of aliphatic hydroxyl groups is 2. The lowest BCUT2D eigenvalue weighted by Crippen LogP contribution is -2.27. The summed E-state index contributed by atoms with van der Waals surface area (Å²) in [4.78, 5) is 16.8. The van der Waals surface area contributed by atoms with E-state index in [2.05, 4.69) is 9.39 Å². The summed E-state index contributed by atoms with van der Waals surface area (Å²) in [5.41, 5.74) is 4.98. The normalized spacial score (nSPS) is 15.0. The van der Waals surface area contributed by atoms with E-state index in [1.54, 1.807) is 24.3 Å². The second-order valence-corrected chi connectivity index (χ2v) is 9.93. The minimum atomic E-state index is -4.79. The highest BCUT2D eigenvalue weighted by molar-refractivity contribution is 7.90. The lowest BCUT2D eigenvalue weighted by molar-refractivity contribution is 0.103. The fraction of sp³-hybridized carbons (Fsp3) is 0.115. The van der Waals surface area contributed by atoms with E-state index in [0.29, 0.717) is 29.4 Å². The summed E-state index contributed by atoms with van der Waals surface area (Å²) in [5.74, 6) is -5.91. The summed E-state index contributed by atoms with van der Waals surface area (Å²) >= 11 is 0. The van der Waals surface area contributed by atoms with E-state index >= 15 is 0 Å². The molecule has 0 unspecified atom stereocenters. The fourth-order valence-corrected chi connectivity index (χ4v) is 4.84. The van der Waals surface area contributed by atoms with Crippen LogP contribution < -0.4 is 5.73 Å². The summed E-state index contributed by atoms with van der Waals surface area (Å²) in [6.45, 7) is 1.15. The molecule has 0 saturated heterocycles. The van der Waals surface area contributed by atoms with Gasteiger partial charge in [-0.05, 0) is 55.0 Å². The first kappa shape index (κ1) is 26.8. The van der Waals surface area contributed by atoms with Crippen LogP contribution >= 0.6 is 0 Å². The molecule has 1 atom stereocenters. The highest BCUT2D eigenvalue weighted by Gasteiger charge is 2.30. The molecule has 0 saturated carbocycles. The van der Waals surface area contributed by atoms with Crippen molar-refractivity contribution in [3.05, 3.63) is 100 Å². The molecule has 3 aromatic rings. The van der Waals surface area contributed by atoms with E-state index in [-0.39, 0.29) is 17.7 Å². The van der Waals surface area contributed by atoms with Gasteiger partial charge in [0.15, 0.2) is 0 Å². The first-order valence-electron chi connectivity index (χ1n) is 11.1. The Labute approximate surface area is 215 Å². The number of carbonyl (C=O) groups excluding carboxylic acids is 1. The first-order valence-corrected chi connectivity index (χ1v) is 12.5.